The molecule has 90 valence electrons. The lowest BCUT2D eigenvalue weighted by Crippen LogP contribution is -2.07. The maximum atomic E-state index is 12.1. The zero-order valence-electron chi connectivity index (χ0n) is 9.57. The topological polar surface area (TPSA) is 60.2 Å². The van der Waals surface area contributed by atoms with Crippen LogP contribution in [0, 0.1) is 28.9 Å². The summed E-state index contributed by atoms with van der Waals surface area (Å²) in [6.45, 7) is 3.59. The number of nitrogens with zero attached hydrogens (tertiary/aromatic N) is 1. The zero-order chi connectivity index (χ0) is 12.7. The molecule has 1 unspecified atom stereocenters. The summed E-state index contributed by atoms with van der Waals surface area (Å²) in [5, 5.41) is 11.1. The first kappa shape index (κ1) is 12.0. The molecule has 1 aliphatic rings. The highest BCUT2D eigenvalue weighted by atomic mass is 35.5. The van der Waals surface area contributed by atoms with E-state index >= 15 is 0 Å². The number of ketones is 1. The van der Waals surface area contributed by atoms with E-state index in [0.717, 1.165) is 6.42 Å². The van der Waals surface area contributed by atoms with Gasteiger partial charge in [0, 0.05) is 28.1 Å². The van der Waals surface area contributed by atoms with E-state index in [2.05, 4.69) is 0 Å². The number of hydrogen-bond donors (Lipinski definition) is 0. The Labute approximate surface area is 104 Å². The van der Waals surface area contributed by atoms with Crippen LogP contribution in [0.4, 0.5) is 5.69 Å². The highest BCUT2D eigenvalue weighted by molar-refractivity contribution is 6.31. The van der Waals surface area contributed by atoms with Crippen LogP contribution in [-0.2, 0) is 0 Å². The third-order valence-electron chi connectivity index (χ3n) is 3.25. The largest absolute Gasteiger partial charge is 0.294 e. The third kappa shape index (κ3) is 2.17. The molecule has 0 amide bonds. The maximum Gasteiger partial charge on any atom is 0.274 e. The van der Waals surface area contributed by atoms with Crippen molar-refractivity contribution in [3.8, 4) is 0 Å². The molecule has 1 aromatic carbocycles. The van der Waals surface area contributed by atoms with Crippen molar-refractivity contribution in [3.05, 3.63) is 38.4 Å². The first-order chi connectivity index (χ1) is 7.91. The lowest BCUT2D eigenvalue weighted by atomic mass is 9.99. The molecule has 2 atom stereocenters. The van der Waals surface area contributed by atoms with Crippen LogP contribution in [0.3, 0.4) is 0 Å². The van der Waals surface area contributed by atoms with Crippen molar-refractivity contribution >= 4 is 23.1 Å². The van der Waals surface area contributed by atoms with Gasteiger partial charge < -0.3 is 0 Å². The van der Waals surface area contributed by atoms with E-state index in [1.54, 1.807) is 6.92 Å². The Balaban J connectivity index is 2.46. The average Bonchev–Trinajstić information content (AvgIpc) is 2.97. The van der Waals surface area contributed by atoms with Crippen LogP contribution in [0.25, 0.3) is 0 Å². The molecule has 0 radical (unpaired) electrons. The Morgan fingerprint density at radius 3 is 2.59 bits per heavy atom. The second-order valence-electron chi connectivity index (χ2n) is 4.54. The molecule has 0 bridgehead atoms. The summed E-state index contributed by atoms with van der Waals surface area (Å²) < 4.78 is 0. The Hall–Kier alpha value is -1.42. The lowest BCUT2D eigenvalue weighted by molar-refractivity contribution is -0.385. The molecule has 0 heterocycles. The van der Waals surface area contributed by atoms with E-state index in [9.17, 15) is 14.9 Å². The molecule has 0 aliphatic heterocycles. The quantitative estimate of drug-likeness (QED) is 0.471. The monoisotopic (exact) mass is 253 g/mol. The van der Waals surface area contributed by atoms with Crippen molar-refractivity contribution in [2.75, 3.05) is 0 Å². The minimum Gasteiger partial charge on any atom is -0.294 e. The first-order valence-electron chi connectivity index (χ1n) is 5.40. The molecular formula is C12H12ClNO3. The fourth-order valence-electron chi connectivity index (χ4n) is 2.00. The summed E-state index contributed by atoms with van der Waals surface area (Å²) in [6, 6.07) is 2.81. The van der Waals surface area contributed by atoms with Gasteiger partial charge in [-0.2, -0.15) is 0 Å². The number of halogens is 1. The number of Topliss-reactive ketones (excluding diaryl/α,β-unsaturated/α-hetero) is 1. The van der Waals surface area contributed by atoms with Crippen molar-refractivity contribution in [2.45, 2.75) is 20.3 Å². The normalized spacial score (nSPS) is 22.3. The fourth-order valence-corrected chi connectivity index (χ4v) is 2.21. The van der Waals surface area contributed by atoms with Gasteiger partial charge in [-0.15, -0.1) is 0 Å². The van der Waals surface area contributed by atoms with E-state index in [4.69, 9.17) is 11.6 Å². The smallest absolute Gasteiger partial charge is 0.274 e. The molecule has 0 saturated heterocycles. The van der Waals surface area contributed by atoms with E-state index in [0.29, 0.717) is 17.0 Å². The summed E-state index contributed by atoms with van der Waals surface area (Å²) in [6.07, 6.45) is 0.860. The summed E-state index contributed by atoms with van der Waals surface area (Å²) >= 11 is 5.81. The van der Waals surface area contributed by atoms with Gasteiger partial charge in [0.25, 0.3) is 5.69 Å². The summed E-state index contributed by atoms with van der Waals surface area (Å²) in [7, 11) is 0. The summed E-state index contributed by atoms with van der Waals surface area (Å²) in [5.74, 6) is 0.354. The third-order valence-corrected chi connectivity index (χ3v) is 3.47. The van der Waals surface area contributed by atoms with Gasteiger partial charge in [-0.3, -0.25) is 14.9 Å². The van der Waals surface area contributed by atoms with Crippen LogP contribution in [0.15, 0.2) is 12.1 Å². The van der Waals surface area contributed by atoms with Crippen LogP contribution in [0.1, 0.15) is 29.3 Å². The van der Waals surface area contributed by atoms with Crippen molar-refractivity contribution in [2.24, 2.45) is 11.8 Å². The Morgan fingerprint density at radius 2 is 2.12 bits per heavy atom. The van der Waals surface area contributed by atoms with Crippen molar-refractivity contribution < 1.29 is 9.72 Å². The fraction of sp³-hybridized carbons (Fsp3) is 0.417. The van der Waals surface area contributed by atoms with Crippen LogP contribution >= 0.6 is 11.6 Å². The number of benzene rings is 1. The molecule has 1 aliphatic carbocycles. The Morgan fingerprint density at radius 1 is 1.53 bits per heavy atom. The maximum absolute atomic E-state index is 12.1. The van der Waals surface area contributed by atoms with Gasteiger partial charge in [-0.05, 0) is 25.3 Å². The molecule has 1 aromatic rings. The highest BCUT2D eigenvalue weighted by Gasteiger charge is 2.40. The number of hydrogen-bond acceptors (Lipinski definition) is 3. The second kappa shape index (κ2) is 4.11. The number of nitro benzene ring substituents is 1. The Bertz CT molecular complexity index is 513. The number of carbonyl (C=O) groups is 1. The van der Waals surface area contributed by atoms with E-state index in [1.165, 1.54) is 12.1 Å². The van der Waals surface area contributed by atoms with Crippen molar-refractivity contribution in [1.29, 1.82) is 0 Å². The summed E-state index contributed by atoms with van der Waals surface area (Å²) in [5.41, 5.74) is 0.705. The van der Waals surface area contributed by atoms with Gasteiger partial charge in [0.05, 0.1) is 4.92 Å². The van der Waals surface area contributed by atoms with Gasteiger partial charge in [0.1, 0.15) is 0 Å². The SMILES string of the molecule is Cc1c(C(=O)C2C[C@H]2C)cc(Cl)cc1[N+](=O)[O-]. The van der Waals surface area contributed by atoms with Crippen LogP contribution in [0.5, 0.6) is 0 Å². The second-order valence-corrected chi connectivity index (χ2v) is 4.97. The highest BCUT2D eigenvalue weighted by Crippen LogP contribution is 2.41. The number of carbonyl (C=O) groups excluding carboxylic acids is 1. The molecule has 2 rings (SSSR count). The summed E-state index contributed by atoms with van der Waals surface area (Å²) in [4.78, 5) is 22.4. The van der Waals surface area contributed by atoms with E-state index < -0.39 is 4.92 Å². The van der Waals surface area contributed by atoms with Gasteiger partial charge in [-0.1, -0.05) is 18.5 Å². The van der Waals surface area contributed by atoms with Crippen LogP contribution < -0.4 is 0 Å². The molecule has 0 spiro atoms. The molecule has 5 heteroatoms. The van der Waals surface area contributed by atoms with Crippen molar-refractivity contribution in [1.82, 2.24) is 0 Å². The number of rotatable bonds is 3. The van der Waals surface area contributed by atoms with Crippen molar-refractivity contribution in [3.63, 3.8) is 0 Å². The zero-order valence-corrected chi connectivity index (χ0v) is 10.3. The van der Waals surface area contributed by atoms with E-state index in [1.807, 2.05) is 6.92 Å². The molecule has 0 aromatic heterocycles. The van der Waals surface area contributed by atoms with Gasteiger partial charge in [-0.25, -0.2) is 0 Å². The van der Waals surface area contributed by atoms with Crippen LogP contribution in [0.2, 0.25) is 5.02 Å². The average molecular weight is 254 g/mol. The minimum atomic E-state index is -0.506. The molecular weight excluding hydrogens is 242 g/mol. The molecule has 17 heavy (non-hydrogen) atoms. The van der Waals surface area contributed by atoms with Crippen LogP contribution in [-0.4, -0.2) is 10.7 Å². The first-order valence-corrected chi connectivity index (χ1v) is 5.78. The Kier molecular flexibility index (Phi) is 2.91. The molecule has 0 N–H and O–H groups in total. The number of nitro groups is 1. The van der Waals surface area contributed by atoms with E-state index in [-0.39, 0.29) is 22.4 Å². The molecule has 4 nitrogen and oxygen atoms in total. The van der Waals surface area contributed by atoms with Gasteiger partial charge in [0.15, 0.2) is 5.78 Å². The van der Waals surface area contributed by atoms with Gasteiger partial charge >= 0.3 is 0 Å². The van der Waals surface area contributed by atoms with Gasteiger partial charge in [0.2, 0.25) is 0 Å². The molecule has 1 fully saturated rings. The predicted molar refractivity (Wildman–Crippen MR) is 64.4 cm³/mol. The lowest BCUT2D eigenvalue weighted by Gasteiger charge is -2.06. The molecule has 1 saturated carbocycles. The minimum absolute atomic E-state index is 0.00627. The standard InChI is InChI=1S/C12H12ClNO3/c1-6-3-9(6)12(15)10-4-8(13)5-11(7(10)2)14(16)17/h4-6,9H,3H2,1-2H3/t6-,9?/m1/s1. The predicted octanol–water partition coefficient (Wildman–Crippen LogP) is 3.40.